The highest BCUT2D eigenvalue weighted by Crippen LogP contribution is 2.28. The number of amides is 1. The summed E-state index contributed by atoms with van der Waals surface area (Å²) in [6, 6.07) is 0.610. The normalized spacial score (nSPS) is 19.9. The van der Waals surface area contributed by atoms with Crippen LogP contribution < -0.4 is 5.32 Å². The minimum absolute atomic E-state index is 0.220. The fourth-order valence-corrected chi connectivity index (χ4v) is 2.32. The first-order valence-electron chi connectivity index (χ1n) is 7.35. The lowest BCUT2D eigenvalue weighted by atomic mass is 9.80. The lowest BCUT2D eigenvalue weighted by molar-refractivity contribution is -0.134. The van der Waals surface area contributed by atoms with Crippen molar-refractivity contribution in [1.29, 1.82) is 0 Å². The highest BCUT2D eigenvalue weighted by Gasteiger charge is 2.27. The fraction of sp³-hybridized carbons (Fsp3) is 0.933. The molecule has 1 saturated heterocycles. The van der Waals surface area contributed by atoms with Crippen LogP contribution in [0.4, 0.5) is 0 Å². The van der Waals surface area contributed by atoms with Gasteiger partial charge in [-0.15, -0.1) is 0 Å². The lowest BCUT2D eigenvalue weighted by Gasteiger charge is -2.34. The summed E-state index contributed by atoms with van der Waals surface area (Å²) >= 11 is 0. The van der Waals surface area contributed by atoms with Gasteiger partial charge in [0, 0.05) is 25.6 Å². The molecule has 0 aliphatic carbocycles. The average molecular weight is 254 g/mol. The molecule has 1 heterocycles. The van der Waals surface area contributed by atoms with E-state index in [0.717, 1.165) is 32.5 Å². The van der Waals surface area contributed by atoms with Crippen LogP contribution in [0.25, 0.3) is 0 Å². The lowest BCUT2D eigenvalue weighted by Crippen LogP contribution is -2.45. The van der Waals surface area contributed by atoms with Crippen molar-refractivity contribution in [3.63, 3.8) is 0 Å². The van der Waals surface area contributed by atoms with Crippen molar-refractivity contribution in [1.82, 2.24) is 10.2 Å². The smallest absolute Gasteiger partial charge is 0.222 e. The summed E-state index contributed by atoms with van der Waals surface area (Å²) in [5, 5.41) is 3.47. The molecule has 1 aliphatic heterocycles. The van der Waals surface area contributed by atoms with E-state index in [1.165, 1.54) is 0 Å². The molecule has 0 radical (unpaired) electrons. The molecule has 0 saturated carbocycles. The van der Waals surface area contributed by atoms with Crippen molar-refractivity contribution in [2.75, 3.05) is 19.6 Å². The van der Waals surface area contributed by atoms with Gasteiger partial charge in [0.2, 0.25) is 5.91 Å². The van der Waals surface area contributed by atoms with Crippen LogP contribution in [0.2, 0.25) is 0 Å². The van der Waals surface area contributed by atoms with Gasteiger partial charge in [-0.3, -0.25) is 4.79 Å². The summed E-state index contributed by atoms with van der Waals surface area (Å²) < 4.78 is 0. The van der Waals surface area contributed by atoms with Gasteiger partial charge in [-0.25, -0.2) is 0 Å². The zero-order valence-electron chi connectivity index (χ0n) is 12.8. The Morgan fingerprint density at radius 3 is 2.33 bits per heavy atom. The van der Waals surface area contributed by atoms with Gasteiger partial charge < -0.3 is 10.2 Å². The molecule has 1 rings (SSSR count). The van der Waals surface area contributed by atoms with Gasteiger partial charge in [-0.05, 0) is 30.7 Å². The largest absolute Gasteiger partial charge is 0.343 e. The summed E-state index contributed by atoms with van der Waals surface area (Å²) in [5.74, 6) is 0.781. The Balaban J connectivity index is 2.36. The quantitative estimate of drug-likeness (QED) is 0.836. The number of nitrogens with zero attached hydrogens (tertiary/aromatic N) is 1. The predicted molar refractivity (Wildman–Crippen MR) is 76.5 cm³/mol. The van der Waals surface area contributed by atoms with Crippen molar-refractivity contribution in [3.05, 3.63) is 0 Å². The molecule has 1 unspecified atom stereocenters. The monoisotopic (exact) mass is 254 g/mol. The van der Waals surface area contributed by atoms with E-state index in [-0.39, 0.29) is 5.41 Å². The van der Waals surface area contributed by atoms with Crippen molar-refractivity contribution in [2.45, 2.75) is 59.9 Å². The fourth-order valence-electron chi connectivity index (χ4n) is 2.32. The first-order chi connectivity index (χ1) is 8.34. The maximum absolute atomic E-state index is 12.2. The van der Waals surface area contributed by atoms with E-state index >= 15 is 0 Å². The number of likely N-dealkylation sites (tertiary alicyclic amines) is 1. The van der Waals surface area contributed by atoms with E-state index < -0.39 is 0 Å². The number of hydrogen-bond acceptors (Lipinski definition) is 2. The Kier molecular flexibility index (Phi) is 5.64. The topological polar surface area (TPSA) is 32.3 Å². The summed E-state index contributed by atoms with van der Waals surface area (Å²) in [6.45, 7) is 13.8. The standard InChI is InChI=1S/C15H30N2O/c1-6-16-13-7-9-17(10-8-13)14(18)11-12(2)15(3,4)5/h12-13,16H,6-11H2,1-5H3. The van der Waals surface area contributed by atoms with Crippen molar-refractivity contribution in [3.8, 4) is 0 Å². The van der Waals surface area contributed by atoms with Gasteiger partial charge in [0.15, 0.2) is 0 Å². The first-order valence-corrected chi connectivity index (χ1v) is 7.35. The number of carbonyl (C=O) groups excluding carboxylic acids is 1. The van der Waals surface area contributed by atoms with Crippen molar-refractivity contribution in [2.24, 2.45) is 11.3 Å². The van der Waals surface area contributed by atoms with Crippen LogP contribution in [-0.4, -0.2) is 36.5 Å². The summed E-state index contributed by atoms with van der Waals surface area (Å²) in [7, 11) is 0. The molecule has 0 spiro atoms. The Labute approximate surface area is 112 Å². The highest BCUT2D eigenvalue weighted by atomic mass is 16.2. The third-order valence-corrected chi connectivity index (χ3v) is 4.30. The van der Waals surface area contributed by atoms with Gasteiger partial charge in [-0.2, -0.15) is 0 Å². The van der Waals surface area contributed by atoms with Gasteiger partial charge in [0.25, 0.3) is 0 Å². The van der Waals surface area contributed by atoms with Gasteiger partial charge in [0.05, 0.1) is 0 Å². The van der Waals surface area contributed by atoms with Crippen LogP contribution in [-0.2, 0) is 4.79 Å². The molecule has 1 aliphatic rings. The molecule has 1 amide bonds. The van der Waals surface area contributed by atoms with Crippen LogP contribution in [0.3, 0.4) is 0 Å². The minimum Gasteiger partial charge on any atom is -0.343 e. The van der Waals surface area contributed by atoms with Gasteiger partial charge in [0.1, 0.15) is 0 Å². The molecule has 0 aromatic heterocycles. The Hall–Kier alpha value is -0.570. The second-order valence-electron chi connectivity index (χ2n) is 6.68. The van der Waals surface area contributed by atoms with Crippen LogP contribution in [0.5, 0.6) is 0 Å². The Bertz CT molecular complexity index is 262. The number of piperidine rings is 1. The minimum atomic E-state index is 0.220. The van der Waals surface area contributed by atoms with Gasteiger partial charge in [-0.1, -0.05) is 34.6 Å². The molecular formula is C15H30N2O. The molecule has 106 valence electrons. The van der Waals surface area contributed by atoms with Crippen molar-refractivity contribution >= 4 is 5.91 Å². The Morgan fingerprint density at radius 2 is 1.89 bits per heavy atom. The molecule has 3 nitrogen and oxygen atoms in total. The summed E-state index contributed by atoms with van der Waals surface area (Å²) in [5.41, 5.74) is 0.220. The van der Waals surface area contributed by atoms with Crippen LogP contribution in [0.15, 0.2) is 0 Å². The van der Waals surface area contributed by atoms with E-state index in [9.17, 15) is 4.79 Å². The summed E-state index contributed by atoms with van der Waals surface area (Å²) in [6.07, 6.45) is 2.89. The Morgan fingerprint density at radius 1 is 1.33 bits per heavy atom. The van der Waals surface area contributed by atoms with E-state index in [0.29, 0.717) is 24.3 Å². The predicted octanol–water partition coefficient (Wildman–Crippen LogP) is 2.66. The van der Waals surface area contributed by atoms with Crippen LogP contribution >= 0.6 is 0 Å². The molecule has 1 atom stereocenters. The third kappa shape index (κ3) is 4.60. The number of hydrogen-bond donors (Lipinski definition) is 1. The molecule has 0 bridgehead atoms. The molecule has 1 N–H and O–H groups in total. The zero-order chi connectivity index (χ0) is 13.8. The molecular weight excluding hydrogens is 224 g/mol. The molecule has 1 fully saturated rings. The number of carbonyl (C=O) groups is 1. The maximum Gasteiger partial charge on any atom is 0.222 e. The summed E-state index contributed by atoms with van der Waals surface area (Å²) in [4.78, 5) is 14.3. The zero-order valence-corrected chi connectivity index (χ0v) is 12.8. The highest BCUT2D eigenvalue weighted by molar-refractivity contribution is 5.76. The molecule has 3 heteroatoms. The van der Waals surface area contributed by atoms with E-state index in [1.54, 1.807) is 0 Å². The third-order valence-electron chi connectivity index (χ3n) is 4.30. The second-order valence-corrected chi connectivity index (χ2v) is 6.68. The molecule has 0 aromatic rings. The van der Waals surface area contributed by atoms with E-state index in [4.69, 9.17) is 0 Å². The number of nitrogens with one attached hydrogen (secondary N) is 1. The SMILES string of the molecule is CCNC1CCN(C(=O)CC(C)C(C)(C)C)CC1. The number of rotatable bonds is 4. The molecule has 18 heavy (non-hydrogen) atoms. The average Bonchev–Trinajstić information content (AvgIpc) is 2.29. The van der Waals surface area contributed by atoms with Gasteiger partial charge >= 0.3 is 0 Å². The van der Waals surface area contributed by atoms with Crippen LogP contribution in [0, 0.1) is 11.3 Å². The first kappa shape index (κ1) is 15.5. The van der Waals surface area contributed by atoms with E-state index in [1.807, 2.05) is 0 Å². The van der Waals surface area contributed by atoms with E-state index in [2.05, 4.69) is 44.8 Å². The van der Waals surface area contributed by atoms with Crippen LogP contribution in [0.1, 0.15) is 53.9 Å². The maximum atomic E-state index is 12.2. The molecule has 0 aromatic carbocycles. The van der Waals surface area contributed by atoms with Crippen molar-refractivity contribution < 1.29 is 4.79 Å². The second kappa shape index (κ2) is 6.55.